The zero-order chi connectivity index (χ0) is 13.8. The minimum Gasteiger partial charge on any atom is -0.369 e. The number of nitrogens with zero attached hydrogens (tertiary/aromatic N) is 2. The van der Waals surface area contributed by atoms with E-state index in [1.165, 1.54) is 0 Å². The van der Waals surface area contributed by atoms with Crippen LogP contribution < -0.4 is 5.73 Å². The Balaban J connectivity index is 2.29. The molecule has 1 atom stereocenters. The number of nitrogens with two attached hydrogens (primary N) is 1. The average Bonchev–Trinajstić information content (AvgIpc) is 2.76. The van der Waals surface area contributed by atoms with Crippen LogP contribution in [0.5, 0.6) is 0 Å². The number of carbonyl (C=O) groups is 1. The summed E-state index contributed by atoms with van der Waals surface area (Å²) in [6.07, 6.45) is 2.81. The molecule has 1 amide bonds. The third-order valence-electron chi connectivity index (χ3n) is 3.22. The van der Waals surface area contributed by atoms with Gasteiger partial charge in [-0.2, -0.15) is 0 Å². The predicted octanol–water partition coefficient (Wildman–Crippen LogP) is 2.02. The average molecular weight is 257 g/mol. The summed E-state index contributed by atoms with van der Waals surface area (Å²) in [5.74, 6) is 0.361. The fraction of sp³-hybridized carbons (Fsp3) is 0.333. The van der Waals surface area contributed by atoms with E-state index in [-0.39, 0.29) is 11.8 Å². The summed E-state index contributed by atoms with van der Waals surface area (Å²) < 4.78 is 2.03. The first kappa shape index (κ1) is 13.3. The number of rotatable bonds is 5. The Kier molecular flexibility index (Phi) is 4.00. The zero-order valence-electron chi connectivity index (χ0n) is 11.3. The lowest BCUT2D eigenvalue weighted by Gasteiger charge is -2.16. The van der Waals surface area contributed by atoms with Crippen molar-refractivity contribution in [2.24, 2.45) is 5.73 Å². The van der Waals surface area contributed by atoms with Crippen molar-refractivity contribution in [2.45, 2.75) is 32.7 Å². The predicted molar refractivity (Wildman–Crippen MR) is 74.7 cm³/mol. The maximum Gasteiger partial charge on any atom is 0.226 e. The summed E-state index contributed by atoms with van der Waals surface area (Å²) in [7, 11) is 0. The van der Waals surface area contributed by atoms with Crippen LogP contribution in [0.3, 0.4) is 0 Å². The van der Waals surface area contributed by atoms with Crippen LogP contribution in [0.25, 0.3) is 0 Å². The number of aromatic nitrogens is 2. The van der Waals surface area contributed by atoms with E-state index in [0.717, 1.165) is 23.5 Å². The molecule has 0 fully saturated rings. The molecule has 100 valence electrons. The van der Waals surface area contributed by atoms with Gasteiger partial charge in [-0.3, -0.25) is 4.79 Å². The molecule has 4 heteroatoms. The highest BCUT2D eigenvalue weighted by molar-refractivity contribution is 5.81. The first-order valence-electron chi connectivity index (χ1n) is 6.48. The molecular weight excluding hydrogens is 238 g/mol. The van der Waals surface area contributed by atoms with Gasteiger partial charge in [0.2, 0.25) is 5.91 Å². The number of carbonyl (C=O) groups excluding carboxylic acids is 1. The van der Waals surface area contributed by atoms with Crippen molar-refractivity contribution in [1.82, 2.24) is 9.55 Å². The largest absolute Gasteiger partial charge is 0.369 e. The molecule has 0 bridgehead atoms. The Morgan fingerprint density at radius 3 is 2.63 bits per heavy atom. The Morgan fingerprint density at radius 1 is 1.37 bits per heavy atom. The van der Waals surface area contributed by atoms with Crippen LogP contribution in [0.2, 0.25) is 0 Å². The van der Waals surface area contributed by atoms with Gasteiger partial charge in [-0.15, -0.1) is 0 Å². The topological polar surface area (TPSA) is 60.9 Å². The molecule has 0 aliphatic rings. The summed E-state index contributed by atoms with van der Waals surface area (Å²) in [6, 6.07) is 9.65. The van der Waals surface area contributed by atoms with Gasteiger partial charge < -0.3 is 10.3 Å². The van der Waals surface area contributed by atoms with Gasteiger partial charge in [0.15, 0.2) is 0 Å². The lowest BCUT2D eigenvalue weighted by molar-refractivity contribution is -0.119. The highest BCUT2D eigenvalue weighted by atomic mass is 16.1. The van der Waals surface area contributed by atoms with Crippen molar-refractivity contribution >= 4 is 5.91 Å². The molecule has 0 saturated heterocycles. The van der Waals surface area contributed by atoms with Crippen LogP contribution >= 0.6 is 0 Å². The van der Waals surface area contributed by atoms with E-state index in [0.29, 0.717) is 6.54 Å². The van der Waals surface area contributed by atoms with Crippen LogP contribution in [0.15, 0.2) is 36.5 Å². The highest BCUT2D eigenvalue weighted by Gasteiger charge is 2.19. The molecule has 2 aromatic rings. The number of amides is 1. The van der Waals surface area contributed by atoms with Gasteiger partial charge >= 0.3 is 0 Å². The first-order valence-corrected chi connectivity index (χ1v) is 6.48. The molecule has 0 spiro atoms. The number of aryl methyl sites for hydroxylation is 2. The highest BCUT2D eigenvalue weighted by Crippen LogP contribution is 2.19. The second-order valence-electron chi connectivity index (χ2n) is 4.67. The Bertz CT molecular complexity index is 560. The third kappa shape index (κ3) is 3.02. The molecule has 0 saturated carbocycles. The number of primary amides is 1. The van der Waals surface area contributed by atoms with Gasteiger partial charge in [-0.05, 0) is 12.5 Å². The molecular formula is C15H19N3O. The lowest BCUT2D eigenvalue weighted by atomic mass is 9.98. The van der Waals surface area contributed by atoms with Crippen LogP contribution in [0.1, 0.15) is 29.9 Å². The van der Waals surface area contributed by atoms with E-state index < -0.39 is 0 Å². The summed E-state index contributed by atoms with van der Waals surface area (Å²) >= 11 is 0. The fourth-order valence-corrected chi connectivity index (χ4v) is 2.28. The molecule has 19 heavy (non-hydrogen) atoms. The van der Waals surface area contributed by atoms with E-state index in [9.17, 15) is 4.79 Å². The van der Waals surface area contributed by atoms with Gasteiger partial charge in [-0.1, -0.05) is 37.3 Å². The minimum absolute atomic E-state index is 0.306. The SMILES string of the molecule is CCc1nc(C)cn1CC(C(N)=O)c1ccccc1. The lowest BCUT2D eigenvalue weighted by Crippen LogP contribution is -2.25. The van der Waals surface area contributed by atoms with Gasteiger partial charge in [0.25, 0.3) is 0 Å². The number of hydrogen-bond acceptors (Lipinski definition) is 2. The van der Waals surface area contributed by atoms with Crippen LogP contribution in [0, 0.1) is 6.92 Å². The maximum absolute atomic E-state index is 11.7. The maximum atomic E-state index is 11.7. The normalized spacial score (nSPS) is 12.3. The molecule has 2 rings (SSSR count). The summed E-state index contributed by atoms with van der Waals surface area (Å²) in [5.41, 5.74) is 7.46. The molecule has 1 aromatic carbocycles. The summed E-state index contributed by atoms with van der Waals surface area (Å²) in [4.78, 5) is 16.1. The quantitative estimate of drug-likeness (QED) is 0.890. The molecule has 4 nitrogen and oxygen atoms in total. The molecule has 1 heterocycles. The Hall–Kier alpha value is -2.10. The van der Waals surface area contributed by atoms with E-state index in [4.69, 9.17) is 5.73 Å². The van der Waals surface area contributed by atoms with Gasteiger partial charge in [0.05, 0.1) is 11.6 Å². The fourth-order valence-electron chi connectivity index (χ4n) is 2.28. The van der Waals surface area contributed by atoms with E-state index in [1.807, 2.05) is 48.0 Å². The molecule has 2 N–H and O–H groups in total. The second-order valence-corrected chi connectivity index (χ2v) is 4.67. The monoisotopic (exact) mass is 257 g/mol. The van der Waals surface area contributed by atoms with Crippen LogP contribution in [-0.2, 0) is 17.8 Å². The number of imidazole rings is 1. The minimum atomic E-state index is -0.319. The van der Waals surface area contributed by atoms with E-state index in [1.54, 1.807) is 0 Å². The third-order valence-corrected chi connectivity index (χ3v) is 3.22. The van der Waals surface area contributed by atoms with Crippen LogP contribution in [0.4, 0.5) is 0 Å². The first-order chi connectivity index (χ1) is 9.11. The van der Waals surface area contributed by atoms with Crippen molar-refractivity contribution in [3.63, 3.8) is 0 Å². The summed E-state index contributed by atoms with van der Waals surface area (Å²) in [6.45, 7) is 4.56. The van der Waals surface area contributed by atoms with Gasteiger partial charge in [-0.25, -0.2) is 4.98 Å². The van der Waals surface area contributed by atoms with E-state index in [2.05, 4.69) is 11.9 Å². The second kappa shape index (κ2) is 5.69. The summed E-state index contributed by atoms with van der Waals surface area (Å²) in [5, 5.41) is 0. The zero-order valence-corrected chi connectivity index (χ0v) is 11.3. The molecule has 0 aliphatic carbocycles. The molecule has 1 aromatic heterocycles. The standard InChI is InChI=1S/C15H19N3O/c1-3-14-17-11(2)9-18(14)10-13(15(16)19)12-7-5-4-6-8-12/h4-9,13H,3,10H2,1-2H3,(H2,16,19). The number of benzene rings is 1. The van der Waals surface area contributed by atoms with Gasteiger partial charge in [0.1, 0.15) is 5.82 Å². The number of hydrogen-bond donors (Lipinski definition) is 1. The Labute approximate surface area is 113 Å². The van der Waals surface area contributed by atoms with Crippen molar-refractivity contribution in [1.29, 1.82) is 0 Å². The van der Waals surface area contributed by atoms with Crippen molar-refractivity contribution in [3.8, 4) is 0 Å². The molecule has 0 aliphatic heterocycles. The smallest absolute Gasteiger partial charge is 0.226 e. The Morgan fingerprint density at radius 2 is 2.05 bits per heavy atom. The van der Waals surface area contributed by atoms with E-state index >= 15 is 0 Å². The molecule has 1 unspecified atom stereocenters. The molecule has 0 radical (unpaired) electrons. The van der Waals surface area contributed by atoms with Crippen molar-refractivity contribution < 1.29 is 4.79 Å². The van der Waals surface area contributed by atoms with Crippen LogP contribution in [-0.4, -0.2) is 15.5 Å². The van der Waals surface area contributed by atoms with Crippen molar-refractivity contribution in [3.05, 3.63) is 53.6 Å². The van der Waals surface area contributed by atoms with Crippen molar-refractivity contribution in [2.75, 3.05) is 0 Å². The van der Waals surface area contributed by atoms with Gasteiger partial charge in [0, 0.05) is 19.2 Å².